The molecule has 1 nitrogen and oxygen atoms in total. The predicted octanol–water partition coefficient (Wildman–Crippen LogP) is 1.91. The van der Waals surface area contributed by atoms with Crippen molar-refractivity contribution in [1.29, 1.82) is 0 Å². The van der Waals surface area contributed by atoms with Gasteiger partial charge in [-0.25, -0.2) is 4.39 Å². The van der Waals surface area contributed by atoms with Crippen molar-refractivity contribution in [2.75, 3.05) is 6.61 Å². The number of hydrogen-bond acceptors (Lipinski definition) is 1. The Morgan fingerprint density at radius 1 is 1.20 bits per heavy atom. The average molecular weight is 144 g/mol. The highest BCUT2D eigenvalue weighted by molar-refractivity contribution is 4.84. The van der Waals surface area contributed by atoms with Crippen molar-refractivity contribution in [3.05, 3.63) is 0 Å². The Bertz CT molecular complexity index is 126. The van der Waals surface area contributed by atoms with Crippen LogP contribution in [0.4, 0.5) is 4.39 Å². The Morgan fingerprint density at radius 3 is 3.00 bits per heavy atom. The van der Waals surface area contributed by atoms with E-state index in [1.165, 1.54) is 0 Å². The summed E-state index contributed by atoms with van der Waals surface area (Å²) in [5.41, 5.74) is 0. The highest BCUT2D eigenvalue weighted by Crippen LogP contribution is 2.35. The van der Waals surface area contributed by atoms with E-state index in [1.54, 1.807) is 0 Å². The van der Waals surface area contributed by atoms with Crippen LogP contribution in [-0.2, 0) is 4.74 Å². The molecular weight excluding hydrogens is 131 g/mol. The van der Waals surface area contributed by atoms with Crippen LogP contribution in [0.15, 0.2) is 0 Å². The van der Waals surface area contributed by atoms with Crippen molar-refractivity contribution >= 4 is 0 Å². The number of halogens is 1. The fourth-order valence-electron chi connectivity index (χ4n) is 2.07. The van der Waals surface area contributed by atoms with Gasteiger partial charge in [0.2, 0.25) is 0 Å². The third-order valence-electron chi connectivity index (χ3n) is 2.67. The summed E-state index contributed by atoms with van der Waals surface area (Å²) in [6.45, 7) is 0.863. The lowest BCUT2D eigenvalue weighted by molar-refractivity contribution is 0.0435. The largest absolute Gasteiger partial charge is 0.378 e. The van der Waals surface area contributed by atoms with E-state index in [0.717, 1.165) is 32.3 Å². The van der Waals surface area contributed by atoms with Gasteiger partial charge >= 0.3 is 0 Å². The smallest absolute Gasteiger partial charge is 0.101 e. The van der Waals surface area contributed by atoms with E-state index in [1.807, 2.05) is 0 Å². The van der Waals surface area contributed by atoms with Crippen molar-refractivity contribution in [2.24, 2.45) is 5.92 Å². The summed E-state index contributed by atoms with van der Waals surface area (Å²) < 4.78 is 18.2. The average Bonchev–Trinajstić information content (AvgIpc) is 2.33. The third-order valence-corrected chi connectivity index (χ3v) is 2.67. The first-order valence-corrected chi connectivity index (χ1v) is 4.12. The minimum Gasteiger partial charge on any atom is -0.378 e. The van der Waals surface area contributed by atoms with Gasteiger partial charge in [0.05, 0.1) is 6.10 Å². The van der Waals surface area contributed by atoms with Gasteiger partial charge in [-0.1, -0.05) is 0 Å². The first-order valence-electron chi connectivity index (χ1n) is 4.12. The van der Waals surface area contributed by atoms with Gasteiger partial charge in [-0.05, 0) is 31.6 Å². The summed E-state index contributed by atoms with van der Waals surface area (Å²) >= 11 is 0. The molecule has 0 N–H and O–H groups in total. The van der Waals surface area contributed by atoms with E-state index in [0.29, 0.717) is 12.0 Å². The summed E-state index contributed by atoms with van der Waals surface area (Å²) in [5, 5.41) is 0. The molecule has 0 aromatic heterocycles. The van der Waals surface area contributed by atoms with E-state index in [9.17, 15) is 4.39 Å². The van der Waals surface area contributed by atoms with Crippen LogP contribution >= 0.6 is 0 Å². The Kier molecular flexibility index (Phi) is 1.65. The van der Waals surface area contributed by atoms with Crippen LogP contribution in [-0.4, -0.2) is 18.9 Å². The number of ether oxygens (including phenoxy) is 1. The van der Waals surface area contributed by atoms with Crippen LogP contribution in [0.3, 0.4) is 0 Å². The second-order valence-corrected chi connectivity index (χ2v) is 3.37. The van der Waals surface area contributed by atoms with Gasteiger partial charge < -0.3 is 4.74 Å². The maximum atomic E-state index is 12.8. The molecule has 0 radical (unpaired) electrons. The fraction of sp³-hybridized carbons (Fsp3) is 1.00. The van der Waals surface area contributed by atoms with Crippen LogP contribution in [0.5, 0.6) is 0 Å². The van der Waals surface area contributed by atoms with Crippen LogP contribution in [0, 0.1) is 5.92 Å². The molecule has 10 heavy (non-hydrogen) atoms. The van der Waals surface area contributed by atoms with E-state index in [2.05, 4.69) is 0 Å². The standard InChI is InChI=1S/C8H13FO/c9-7-1-2-8-6(5-7)3-4-10-8/h6-8H,1-5H2/t6?,7-,8+/m1/s1. The molecule has 1 saturated carbocycles. The lowest BCUT2D eigenvalue weighted by atomic mass is 9.85. The van der Waals surface area contributed by atoms with E-state index >= 15 is 0 Å². The highest BCUT2D eigenvalue weighted by Gasteiger charge is 2.34. The molecule has 2 heteroatoms. The molecule has 1 aliphatic carbocycles. The van der Waals surface area contributed by atoms with Gasteiger partial charge in [0, 0.05) is 6.61 Å². The summed E-state index contributed by atoms with van der Waals surface area (Å²) in [5.74, 6) is 0.545. The third kappa shape index (κ3) is 1.05. The van der Waals surface area contributed by atoms with E-state index < -0.39 is 6.17 Å². The van der Waals surface area contributed by atoms with E-state index in [4.69, 9.17) is 4.74 Å². The zero-order valence-corrected chi connectivity index (χ0v) is 6.05. The second-order valence-electron chi connectivity index (χ2n) is 3.37. The van der Waals surface area contributed by atoms with Crippen molar-refractivity contribution in [3.8, 4) is 0 Å². The Balaban J connectivity index is 1.96. The highest BCUT2D eigenvalue weighted by atomic mass is 19.1. The summed E-state index contributed by atoms with van der Waals surface area (Å²) in [6.07, 6.45) is 3.39. The quantitative estimate of drug-likeness (QED) is 0.504. The van der Waals surface area contributed by atoms with Crippen LogP contribution < -0.4 is 0 Å². The van der Waals surface area contributed by atoms with Gasteiger partial charge in [-0.3, -0.25) is 0 Å². The molecule has 0 aromatic rings. The maximum Gasteiger partial charge on any atom is 0.101 e. The summed E-state index contributed by atoms with van der Waals surface area (Å²) in [4.78, 5) is 0. The molecule has 2 rings (SSSR count). The molecule has 1 heterocycles. The number of hydrogen-bond donors (Lipinski definition) is 0. The molecule has 2 aliphatic rings. The van der Waals surface area contributed by atoms with Gasteiger partial charge in [0.1, 0.15) is 6.17 Å². The minimum atomic E-state index is -0.539. The van der Waals surface area contributed by atoms with Crippen molar-refractivity contribution in [1.82, 2.24) is 0 Å². The molecule has 0 bridgehead atoms. The predicted molar refractivity (Wildman–Crippen MR) is 36.6 cm³/mol. The SMILES string of the molecule is F[C@@H]1CC[C@@H]2OCCC2C1. The lowest BCUT2D eigenvalue weighted by Crippen LogP contribution is -2.26. The molecule has 58 valence electrons. The molecule has 3 atom stereocenters. The van der Waals surface area contributed by atoms with Gasteiger partial charge in [0.25, 0.3) is 0 Å². The molecule has 2 fully saturated rings. The summed E-state index contributed by atoms with van der Waals surface area (Å²) in [7, 11) is 0. The Morgan fingerprint density at radius 2 is 2.10 bits per heavy atom. The zero-order valence-electron chi connectivity index (χ0n) is 6.05. The van der Waals surface area contributed by atoms with Crippen molar-refractivity contribution < 1.29 is 9.13 Å². The minimum absolute atomic E-state index is 0.409. The molecule has 0 amide bonds. The number of alkyl halides is 1. The molecule has 1 aliphatic heterocycles. The Labute approximate surface area is 60.6 Å². The van der Waals surface area contributed by atoms with Crippen LogP contribution in [0.1, 0.15) is 25.7 Å². The fourth-order valence-corrected chi connectivity index (χ4v) is 2.07. The molecule has 0 aromatic carbocycles. The van der Waals surface area contributed by atoms with Crippen LogP contribution in [0.25, 0.3) is 0 Å². The van der Waals surface area contributed by atoms with Gasteiger partial charge in [0.15, 0.2) is 0 Å². The second kappa shape index (κ2) is 2.50. The number of rotatable bonds is 0. The van der Waals surface area contributed by atoms with Crippen LogP contribution in [0.2, 0.25) is 0 Å². The van der Waals surface area contributed by atoms with Gasteiger partial charge in [-0.2, -0.15) is 0 Å². The van der Waals surface area contributed by atoms with E-state index in [-0.39, 0.29) is 0 Å². The number of fused-ring (bicyclic) bond motifs is 1. The topological polar surface area (TPSA) is 9.23 Å². The van der Waals surface area contributed by atoms with Crippen molar-refractivity contribution in [2.45, 2.75) is 38.0 Å². The molecular formula is C8H13FO. The summed E-state index contributed by atoms with van der Waals surface area (Å²) in [6, 6.07) is 0. The van der Waals surface area contributed by atoms with Crippen molar-refractivity contribution in [3.63, 3.8) is 0 Å². The maximum absolute atomic E-state index is 12.8. The Hall–Kier alpha value is -0.110. The molecule has 1 saturated heterocycles. The zero-order chi connectivity index (χ0) is 6.97. The first-order chi connectivity index (χ1) is 4.86. The normalized spacial score (nSPS) is 47.1. The van der Waals surface area contributed by atoms with Gasteiger partial charge in [-0.15, -0.1) is 0 Å². The molecule has 1 unspecified atom stereocenters. The monoisotopic (exact) mass is 144 g/mol. The lowest BCUT2D eigenvalue weighted by Gasteiger charge is -2.25. The first kappa shape index (κ1) is 6.59. The molecule has 0 spiro atoms.